The molecule has 1 fully saturated rings. The first-order valence-corrected chi connectivity index (χ1v) is 5.04. The summed E-state index contributed by atoms with van der Waals surface area (Å²) in [7, 11) is 0. The van der Waals surface area contributed by atoms with Crippen molar-refractivity contribution in [3.8, 4) is 0 Å². The Kier molecular flexibility index (Phi) is 2.48. The third kappa shape index (κ3) is 1.76. The molecule has 0 radical (unpaired) electrons. The fraction of sp³-hybridized carbons (Fsp3) is 0.455. The van der Waals surface area contributed by atoms with E-state index in [2.05, 4.69) is 4.98 Å². The van der Waals surface area contributed by atoms with Crippen LogP contribution in [0.25, 0.3) is 0 Å². The first-order valence-electron chi connectivity index (χ1n) is 5.04. The molecule has 1 aliphatic carbocycles. The minimum Gasteiger partial charge on any atom is -0.336 e. The van der Waals surface area contributed by atoms with Gasteiger partial charge in [-0.2, -0.15) is 0 Å². The maximum atomic E-state index is 11.9. The summed E-state index contributed by atoms with van der Waals surface area (Å²) in [6.45, 7) is 2.81. The summed E-state index contributed by atoms with van der Waals surface area (Å²) in [6.07, 6.45) is 5.62. The summed E-state index contributed by atoms with van der Waals surface area (Å²) >= 11 is 0. The van der Waals surface area contributed by atoms with Crippen LogP contribution in [0.1, 0.15) is 30.1 Å². The van der Waals surface area contributed by atoms with Crippen LogP contribution in [0.3, 0.4) is 0 Å². The van der Waals surface area contributed by atoms with Gasteiger partial charge in [0, 0.05) is 25.0 Å². The molecule has 0 atom stereocenters. The standard InChI is InChI=1S/C11H14N2O/c1-2-13(10-5-6-10)11(14)9-4-3-7-12-8-9/h3-4,7-8,10H,2,5-6H2,1H3. The minimum absolute atomic E-state index is 0.114. The number of pyridine rings is 1. The lowest BCUT2D eigenvalue weighted by Crippen LogP contribution is -2.32. The number of hydrogen-bond donors (Lipinski definition) is 0. The van der Waals surface area contributed by atoms with Crippen molar-refractivity contribution in [1.29, 1.82) is 0 Å². The smallest absolute Gasteiger partial charge is 0.255 e. The maximum absolute atomic E-state index is 11.9. The van der Waals surface area contributed by atoms with Gasteiger partial charge in [0.25, 0.3) is 5.91 Å². The molecular weight excluding hydrogens is 176 g/mol. The normalized spacial score (nSPS) is 15.2. The monoisotopic (exact) mass is 190 g/mol. The molecule has 0 N–H and O–H groups in total. The first kappa shape index (κ1) is 9.19. The fourth-order valence-electron chi connectivity index (χ4n) is 1.61. The largest absolute Gasteiger partial charge is 0.336 e. The Hall–Kier alpha value is -1.38. The highest BCUT2D eigenvalue weighted by Crippen LogP contribution is 2.27. The average Bonchev–Trinajstić information content (AvgIpc) is 3.04. The molecule has 1 aliphatic rings. The molecule has 1 heterocycles. The van der Waals surface area contributed by atoms with Crippen LogP contribution in [0.4, 0.5) is 0 Å². The lowest BCUT2D eigenvalue weighted by Gasteiger charge is -2.19. The van der Waals surface area contributed by atoms with Gasteiger partial charge in [-0.3, -0.25) is 9.78 Å². The van der Waals surface area contributed by atoms with E-state index in [1.165, 1.54) is 0 Å². The van der Waals surface area contributed by atoms with Crippen molar-refractivity contribution in [3.05, 3.63) is 30.1 Å². The number of hydrogen-bond acceptors (Lipinski definition) is 2. The molecule has 3 nitrogen and oxygen atoms in total. The number of carbonyl (C=O) groups excluding carboxylic acids is 1. The second kappa shape index (κ2) is 3.78. The van der Waals surface area contributed by atoms with E-state index < -0.39 is 0 Å². The second-order valence-electron chi connectivity index (χ2n) is 3.56. The van der Waals surface area contributed by atoms with Gasteiger partial charge in [0.15, 0.2) is 0 Å². The molecule has 1 amide bonds. The van der Waals surface area contributed by atoms with Crippen molar-refractivity contribution in [3.63, 3.8) is 0 Å². The SMILES string of the molecule is CCN(C(=O)c1cccnc1)C1CC1. The van der Waals surface area contributed by atoms with Crippen LogP contribution in [0, 0.1) is 0 Å². The van der Waals surface area contributed by atoms with Gasteiger partial charge in [0.2, 0.25) is 0 Å². The molecule has 1 saturated carbocycles. The maximum Gasteiger partial charge on any atom is 0.255 e. The molecule has 1 aromatic heterocycles. The molecule has 14 heavy (non-hydrogen) atoms. The van der Waals surface area contributed by atoms with Crippen molar-refractivity contribution in [1.82, 2.24) is 9.88 Å². The van der Waals surface area contributed by atoms with E-state index >= 15 is 0 Å². The van der Waals surface area contributed by atoms with Crippen molar-refractivity contribution < 1.29 is 4.79 Å². The summed E-state index contributed by atoms with van der Waals surface area (Å²) < 4.78 is 0. The van der Waals surface area contributed by atoms with Crippen LogP contribution in [0.2, 0.25) is 0 Å². The molecule has 3 heteroatoms. The van der Waals surface area contributed by atoms with E-state index in [0.717, 1.165) is 19.4 Å². The number of rotatable bonds is 3. The van der Waals surface area contributed by atoms with E-state index in [0.29, 0.717) is 11.6 Å². The predicted molar refractivity (Wildman–Crippen MR) is 54.0 cm³/mol. The summed E-state index contributed by atoms with van der Waals surface area (Å²) in [5.41, 5.74) is 0.696. The number of nitrogens with zero attached hydrogens (tertiary/aromatic N) is 2. The van der Waals surface area contributed by atoms with Crippen molar-refractivity contribution in [2.75, 3.05) is 6.54 Å². The van der Waals surface area contributed by atoms with Crippen LogP contribution in [0.15, 0.2) is 24.5 Å². The Morgan fingerprint density at radius 2 is 2.43 bits per heavy atom. The molecule has 0 unspecified atom stereocenters. The van der Waals surface area contributed by atoms with Crippen LogP contribution in [-0.2, 0) is 0 Å². The summed E-state index contributed by atoms with van der Waals surface area (Å²) in [5, 5.41) is 0. The summed E-state index contributed by atoms with van der Waals surface area (Å²) in [5.74, 6) is 0.114. The fourth-order valence-corrected chi connectivity index (χ4v) is 1.61. The molecule has 74 valence electrons. The molecule has 0 aliphatic heterocycles. The topological polar surface area (TPSA) is 33.2 Å². The number of carbonyl (C=O) groups is 1. The van der Waals surface area contributed by atoms with E-state index in [4.69, 9.17) is 0 Å². The van der Waals surface area contributed by atoms with Gasteiger partial charge in [-0.15, -0.1) is 0 Å². The van der Waals surface area contributed by atoms with E-state index in [1.54, 1.807) is 18.5 Å². The quantitative estimate of drug-likeness (QED) is 0.727. The third-order valence-electron chi connectivity index (χ3n) is 2.50. The van der Waals surface area contributed by atoms with Crippen LogP contribution >= 0.6 is 0 Å². The summed E-state index contributed by atoms with van der Waals surface area (Å²) in [6, 6.07) is 4.10. The van der Waals surface area contributed by atoms with E-state index in [9.17, 15) is 4.79 Å². The van der Waals surface area contributed by atoms with Crippen LogP contribution < -0.4 is 0 Å². The molecule has 2 rings (SSSR count). The number of amides is 1. The summed E-state index contributed by atoms with van der Waals surface area (Å²) in [4.78, 5) is 17.8. The van der Waals surface area contributed by atoms with Crippen LogP contribution in [0.5, 0.6) is 0 Å². The molecule has 1 aromatic rings. The highest BCUT2D eigenvalue weighted by atomic mass is 16.2. The highest BCUT2D eigenvalue weighted by Gasteiger charge is 2.31. The zero-order valence-electron chi connectivity index (χ0n) is 8.31. The first-order chi connectivity index (χ1) is 6.83. The van der Waals surface area contributed by atoms with Gasteiger partial charge in [0.1, 0.15) is 0 Å². The Morgan fingerprint density at radius 3 is 2.93 bits per heavy atom. The third-order valence-corrected chi connectivity index (χ3v) is 2.50. The van der Waals surface area contributed by atoms with Crippen molar-refractivity contribution in [2.45, 2.75) is 25.8 Å². The predicted octanol–water partition coefficient (Wildman–Crippen LogP) is 1.71. The zero-order valence-corrected chi connectivity index (χ0v) is 8.31. The van der Waals surface area contributed by atoms with Crippen molar-refractivity contribution >= 4 is 5.91 Å². The molecule has 0 bridgehead atoms. The van der Waals surface area contributed by atoms with Gasteiger partial charge in [-0.05, 0) is 31.9 Å². The van der Waals surface area contributed by atoms with Gasteiger partial charge >= 0.3 is 0 Å². The molecule has 0 saturated heterocycles. The van der Waals surface area contributed by atoms with Gasteiger partial charge < -0.3 is 4.90 Å². The zero-order chi connectivity index (χ0) is 9.97. The minimum atomic E-state index is 0.114. The van der Waals surface area contributed by atoms with Gasteiger partial charge in [0.05, 0.1) is 5.56 Å². The second-order valence-corrected chi connectivity index (χ2v) is 3.56. The average molecular weight is 190 g/mol. The van der Waals surface area contributed by atoms with Crippen LogP contribution in [-0.4, -0.2) is 28.4 Å². The highest BCUT2D eigenvalue weighted by molar-refractivity contribution is 5.94. The number of aromatic nitrogens is 1. The molecule has 0 aromatic carbocycles. The Bertz CT molecular complexity index is 319. The Balaban J connectivity index is 2.14. The Morgan fingerprint density at radius 1 is 1.64 bits per heavy atom. The van der Waals surface area contributed by atoms with Gasteiger partial charge in [-0.1, -0.05) is 0 Å². The van der Waals surface area contributed by atoms with E-state index in [1.807, 2.05) is 17.9 Å². The molecule has 0 spiro atoms. The van der Waals surface area contributed by atoms with Crippen molar-refractivity contribution in [2.24, 2.45) is 0 Å². The Labute approximate surface area is 83.8 Å². The van der Waals surface area contributed by atoms with Gasteiger partial charge in [-0.25, -0.2) is 0 Å². The lowest BCUT2D eigenvalue weighted by atomic mass is 10.2. The lowest BCUT2D eigenvalue weighted by molar-refractivity contribution is 0.0752. The van der Waals surface area contributed by atoms with E-state index in [-0.39, 0.29) is 5.91 Å². The molecular formula is C11H14N2O.